The second-order valence-corrected chi connectivity index (χ2v) is 5.72. The van der Waals surface area contributed by atoms with Gasteiger partial charge in [0.2, 0.25) is 5.76 Å². The van der Waals surface area contributed by atoms with E-state index in [0.717, 1.165) is 18.4 Å². The van der Waals surface area contributed by atoms with Gasteiger partial charge in [0.25, 0.3) is 5.91 Å². The fourth-order valence-electron chi connectivity index (χ4n) is 2.82. The van der Waals surface area contributed by atoms with Crippen molar-refractivity contribution in [3.05, 3.63) is 59.5 Å². The minimum atomic E-state index is -1.19. The smallest absolute Gasteiger partial charge is 0.371 e. The van der Waals surface area contributed by atoms with Gasteiger partial charge in [-0.15, -0.1) is 0 Å². The summed E-state index contributed by atoms with van der Waals surface area (Å²) in [5.74, 6) is -1.67. The summed E-state index contributed by atoms with van der Waals surface area (Å²) in [5.41, 5.74) is 1.14. The Hall–Kier alpha value is -2.60. The number of furan rings is 1. The molecule has 1 aromatic carbocycles. The van der Waals surface area contributed by atoms with E-state index in [0.29, 0.717) is 19.8 Å². The second-order valence-electron chi connectivity index (χ2n) is 5.72. The van der Waals surface area contributed by atoms with Crippen molar-refractivity contribution in [2.45, 2.75) is 18.9 Å². The molecule has 1 fully saturated rings. The van der Waals surface area contributed by atoms with Crippen LogP contribution in [-0.4, -0.2) is 47.7 Å². The van der Waals surface area contributed by atoms with E-state index >= 15 is 0 Å². The Morgan fingerprint density at radius 3 is 2.50 bits per heavy atom. The molecule has 2 heterocycles. The van der Waals surface area contributed by atoms with Crippen molar-refractivity contribution in [2.24, 2.45) is 0 Å². The zero-order chi connectivity index (χ0) is 16.9. The van der Waals surface area contributed by atoms with Crippen LogP contribution in [-0.2, 0) is 11.2 Å². The molecule has 126 valence electrons. The van der Waals surface area contributed by atoms with Crippen LogP contribution in [0.4, 0.5) is 0 Å². The van der Waals surface area contributed by atoms with Crippen LogP contribution < -0.4 is 0 Å². The maximum absolute atomic E-state index is 12.8. The van der Waals surface area contributed by atoms with Gasteiger partial charge in [0, 0.05) is 13.2 Å². The lowest BCUT2D eigenvalue weighted by Crippen LogP contribution is -2.42. The third-order valence-electron chi connectivity index (χ3n) is 4.12. The number of ether oxygens (including phenoxy) is 1. The highest BCUT2D eigenvalue weighted by molar-refractivity contribution is 5.93. The van der Waals surface area contributed by atoms with Gasteiger partial charge in [0.15, 0.2) is 5.76 Å². The van der Waals surface area contributed by atoms with Crippen molar-refractivity contribution in [1.29, 1.82) is 0 Å². The molecule has 1 atom stereocenters. The Balaban J connectivity index is 1.75. The molecule has 3 rings (SSSR count). The standard InChI is InChI=1S/C18H19NO5/c20-17(15-6-7-16(24-15)18(21)22)19(14-9-11-23-12-14)10-8-13-4-2-1-3-5-13/h1-7,14H,8-12H2,(H,21,22)/t14-/m1/s1. The van der Waals surface area contributed by atoms with E-state index in [1.165, 1.54) is 12.1 Å². The number of hydrogen-bond acceptors (Lipinski definition) is 4. The normalized spacial score (nSPS) is 16.9. The lowest BCUT2D eigenvalue weighted by molar-refractivity contribution is 0.0607. The van der Waals surface area contributed by atoms with Gasteiger partial charge in [0.05, 0.1) is 12.6 Å². The first-order valence-corrected chi connectivity index (χ1v) is 7.91. The Morgan fingerprint density at radius 1 is 1.12 bits per heavy atom. The molecule has 1 aliphatic heterocycles. The predicted octanol–water partition coefficient (Wildman–Crippen LogP) is 2.45. The average molecular weight is 329 g/mol. The summed E-state index contributed by atoms with van der Waals surface area (Å²) in [5, 5.41) is 8.94. The fraction of sp³-hybridized carbons (Fsp3) is 0.333. The Labute approximate surface area is 139 Å². The molecule has 24 heavy (non-hydrogen) atoms. The number of carbonyl (C=O) groups excluding carboxylic acids is 1. The largest absolute Gasteiger partial charge is 0.475 e. The molecule has 1 aromatic heterocycles. The number of nitrogens with zero attached hydrogens (tertiary/aromatic N) is 1. The van der Waals surface area contributed by atoms with Gasteiger partial charge in [-0.25, -0.2) is 4.79 Å². The van der Waals surface area contributed by atoms with Crippen molar-refractivity contribution in [1.82, 2.24) is 4.90 Å². The second kappa shape index (κ2) is 7.31. The van der Waals surface area contributed by atoms with Crippen molar-refractivity contribution < 1.29 is 23.8 Å². The van der Waals surface area contributed by atoms with E-state index in [2.05, 4.69) is 0 Å². The lowest BCUT2D eigenvalue weighted by Gasteiger charge is -2.27. The summed E-state index contributed by atoms with van der Waals surface area (Å²) in [7, 11) is 0. The molecule has 1 N–H and O–H groups in total. The SMILES string of the molecule is O=C(O)c1ccc(C(=O)N(CCc2ccccc2)[C@@H]2CCOC2)o1. The van der Waals surface area contributed by atoms with E-state index < -0.39 is 5.97 Å². The topological polar surface area (TPSA) is 80.0 Å². The molecule has 1 saturated heterocycles. The molecule has 0 aliphatic carbocycles. The minimum Gasteiger partial charge on any atom is -0.475 e. The van der Waals surface area contributed by atoms with Crippen molar-refractivity contribution >= 4 is 11.9 Å². The first-order valence-electron chi connectivity index (χ1n) is 7.91. The van der Waals surface area contributed by atoms with Crippen LogP contribution in [0.25, 0.3) is 0 Å². The molecule has 6 nitrogen and oxygen atoms in total. The monoisotopic (exact) mass is 329 g/mol. The van der Waals surface area contributed by atoms with Crippen molar-refractivity contribution in [3.63, 3.8) is 0 Å². The Kier molecular flexibility index (Phi) is 4.96. The van der Waals surface area contributed by atoms with Crippen molar-refractivity contribution in [3.8, 4) is 0 Å². The van der Waals surface area contributed by atoms with Crippen LogP contribution in [0.15, 0.2) is 46.9 Å². The maximum Gasteiger partial charge on any atom is 0.371 e. The van der Waals surface area contributed by atoms with Crippen LogP contribution >= 0.6 is 0 Å². The zero-order valence-corrected chi connectivity index (χ0v) is 13.2. The molecule has 0 saturated carbocycles. The summed E-state index contributed by atoms with van der Waals surface area (Å²) in [6.45, 7) is 1.64. The number of carboxylic acid groups (broad SMARTS) is 1. The Morgan fingerprint density at radius 2 is 1.88 bits per heavy atom. The highest BCUT2D eigenvalue weighted by Crippen LogP contribution is 2.18. The van der Waals surface area contributed by atoms with Gasteiger partial charge >= 0.3 is 5.97 Å². The molecule has 1 aliphatic rings. The summed E-state index contributed by atoms with van der Waals surface area (Å²) in [4.78, 5) is 25.4. The van der Waals surface area contributed by atoms with E-state index in [4.69, 9.17) is 14.3 Å². The molecule has 0 unspecified atom stereocenters. The van der Waals surface area contributed by atoms with Gasteiger partial charge in [-0.05, 0) is 30.5 Å². The Bertz CT molecular complexity index is 703. The fourth-order valence-corrected chi connectivity index (χ4v) is 2.82. The highest BCUT2D eigenvalue weighted by atomic mass is 16.5. The predicted molar refractivity (Wildman–Crippen MR) is 86.1 cm³/mol. The molecule has 0 spiro atoms. The highest BCUT2D eigenvalue weighted by Gasteiger charge is 2.30. The van der Waals surface area contributed by atoms with Gasteiger partial charge in [-0.3, -0.25) is 4.79 Å². The van der Waals surface area contributed by atoms with Crippen LogP contribution in [0.2, 0.25) is 0 Å². The number of aromatic carboxylic acids is 1. The number of hydrogen-bond donors (Lipinski definition) is 1. The summed E-state index contributed by atoms with van der Waals surface area (Å²) in [6.07, 6.45) is 1.49. The number of carbonyl (C=O) groups is 2. The molecule has 0 radical (unpaired) electrons. The number of carboxylic acids is 1. The van der Waals surface area contributed by atoms with Crippen LogP contribution in [0.3, 0.4) is 0 Å². The zero-order valence-electron chi connectivity index (χ0n) is 13.2. The van der Waals surface area contributed by atoms with Crippen LogP contribution in [0.5, 0.6) is 0 Å². The van der Waals surface area contributed by atoms with Crippen LogP contribution in [0.1, 0.15) is 33.1 Å². The number of rotatable bonds is 6. The third-order valence-corrected chi connectivity index (χ3v) is 4.12. The van der Waals surface area contributed by atoms with Crippen molar-refractivity contribution in [2.75, 3.05) is 19.8 Å². The molecule has 0 bridgehead atoms. The van der Waals surface area contributed by atoms with E-state index in [-0.39, 0.29) is 23.5 Å². The maximum atomic E-state index is 12.8. The summed E-state index contributed by atoms with van der Waals surface area (Å²) >= 11 is 0. The van der Waals surface area contributed by atoms with E-state index in [9.17, 15) is 9.59 Å². The van der Waals surface area contributed by atoms with Gasteiger partial charge in [-0.2, -0.15) is 0 Å². The lowest BCUT2D eigenvalue weighted by atomic mass is 10.1. The quantitative estimate of drug-likeness (QED) is 0.880. The first-order chi connectivity index (χ1) is 11.6. The van der Waals surface area contributed by atoms with E-state index in [1.807, 2.05) is 30.3 Å². The number of amides is 1. The minimum absolute atomic E-state index is 0.0143. The van der Waals surface area contributed by atoms with Crippen LogP contribution in [0, 0.1) is 0 Å². The van der Waals surface area contributed by atoms with Gasteiger partial charge in [0.1, 0.15) is 0 Å². The molecule has 1 amide bonds. The summed E-state index contributed by atoms with van der Waals surface area (Å²) < 4.78 is 10.6. The van der Waals surface area contributed by atoms with Gasteiger partial charge < -0.3 is 19.2 Å². The molecule has 6 heteroatoms. The molecular formula is C18H19NO5. The van der Waals surface area contributed by atoms with Gasteiger partial charge in [-0.1, -0.05) is 30.3 Å². The van der Waals surface area contributed by atoms with E-state index in [1.54, 1.807) is 4.90 Å². The summed E-state index contributed by atoms with van der Waals surface area (Å²) in [6, 6.07) is 12.6. The number of benzene rings is 1. The first kappa shape index (κ1) is 16.3. The molecule has 2 aromatic rings. The average Bonchev–Trinajstić information content (AvgIpc) is 3.28. The third kappa shape index (κ3) is 3.65. The molecular weight excluding hydrogens is 310 g/mol.